The molecule has 0 spiro atoms. The maximum absolute atomic E-state index is 6.26. The Morgan fingerprint density at radius 3 is 3.18 bits per heavy atom. The van der Waals surface area contributed by atoms with Crippen LogP contribution in [0.5, 0.6) is 0 Å². The summed E-state index contributed by atoms with van der Waals surface area (Å²) in [5, 5.41) is 2.14. The van der Waals surface area contributed by atoms with Gasteiger partial charge in [-0.25, -0.2) is 0 Å². The summed E-state index contributed by atoms with van der Waals surface area (Å²) in [4.78, 5) is 1.32. The van der Waals surface area contributed by atoms with Gasteiger partial charge >= 0.3 is 0 Å². The number of thiophene rings is 2. The van der Waals surface area contributed by atoms with Gasteiger partial charge in [-0.15, -0.1) is 22.7 Å². The van der Waals surface area contributed by atoms with Gasteiger partial charge in [-0.2, -0.15) is 0 Å². The fraction of sp³-hybridized carbons (Fsp3) is 0.538. The summed E-state index contributed by atoms with van der Waals surface area (Å²) in [6.45, 7) is 0.939. The zero-order valence-corrected chi connectivity index (χ0v) is 11.4. The van der Waals surface area contributed by atoms with Gasteiger partial charge in [-0.05, 0) is 43.2 Å². The molecule has 3 rings (SSSR count). The van der Waals surface area contributed by atoms with Gasteiger partial charge in [-0.3, -0.25) is 0 Å². The minimum atomic E-state index is 0.184. The molecule has 3 heterocycles. The second-order valence-electron chi connectivity index (χ2n) is 4.62. The van der Waals surface area contributed by atoms with Crippen LogP contribution in [0.15, 0.2) is 17.5 Å². The second kappa shape index (κ2) is 5.06. The maximum Gasteiger partial charge on any atom is 0.0576 e. The summed E-state index contributed by atoms with van der Waals surface area (Å²) in [6, 6.07) is 4.62. The maximum atomic E-state index is 6.26. The highest BCUT2D eigenvalue weighted by Gasteiger charge is 2.18. The Balaban J connectivity index is 1.61. The zero-order valence-electron chi connectivity index (χ0n) is 9.72. The smallest absolute Gasteiger partial charge is 0.0576 e. The Hall–Kier alpha value is -0.420. The van der Waals surface area contributed by atoms with Gasteiger partial charge in [0.2, 0.25) is 0 Å². The Labute approximate surface area is 109 Å². The lowest BCUT2D eigenvalue weighted by Crippen LogP contribution is -2.13. The lowest BCUT2D eigenvalue weighted by Gasteiger charge is -2.13. The molecule has 1 aliphatic heterocycles. The molecule has 2 atom stereocenters. The first-order chi connectivity index (χ1) is 8.33. The van der Waals surface area contributed by atoms with E-state index in [4.69, 9.17) is 10.5 Å². The van der Waals surface area contributed by atoms with Crippen molar-refractivity contribution in [2.45, 2.75) is 37.8 Å². The van der Waals surface area contributed by atoms with Crippen LogP contribution in [0.1, 0.15) is 36.6 Å². The second-order valence-corrected chi connectivity index (χ2v) is 6.68. The Morgan fingerprint density at radius 1 is 1.47 bits per heavy atom. The summed E-state index contributed by atoms with van der Waals surface area (Å²) in [6.07, 6.45) is 5.04. The molecule has 1 fully saturated rings. The van der Waals surface area contributed by atoms with Gasteiger partial charge in [0.15, 0.2) is 0 Å². The van der Waals surface area contributed by atoms with Crippen LogP contribution in [0.4, 0.5) is 0 Å². The van der Waals surface area contributed by atoms with Gasteiger partial charge in [0, 0.05) is 26.9 Å². The highest BCUT2D eigenvalue weighted by Crippen LogP contribution is 2.34. The molecule has 0 aliphatic carbocycles. The summed E-state index contributed by atoms with van der Waals surface area (Å²) < 4.78 is 8.38. The Morgan fingerprint density at radius 2 is 2.41 bits per heavy atom. The van der Waals surface area contributed by atoms with Crippen molar-refractivity contribution < 1.29 is 4.74 Å². The van der Waals surface area contributed by atoms with Crippen molar-refractivity contribution in [3.05, 3.63) is 22.4 Å². The summed E-state index contributed by atoms with van der Waals surface area (Å²) in [5.74, 6) is 0. The first kappa shape index (κ1) is 11.7. The largest absolute Gasteiger partial charge is 0.378 e. The highest BCUT2D eigenvalue weighted by molar-refractivity contribution is 7.26. The van der Waals surface area contributed by atoms with Crippen LogP contribution in [0.25, 0.3) is 9.40 Å². The lowest BCUT2D eigenvalue weighted by atomic mass is 10.1. The molecule has 2 nitrogen and oxygen atoms in total. The molecule has 2 aromatic heterocycles. The van der Waals surface area contributed by atoms with Gasteiger partial charge in [0.05, 0.1) is 6.10 Å². The monoisotopic (exact) mass is 267 g/mol. The summed E-state index contributed by atoms with van der Waals surface area (Å²) >= 11 is 3.64. The average molecular weight is 267 g/mol. The van der Waals surface area contributed by atoms with E-state index in [9.17, 15) is 0 Å². The van der Waals surface area contributed by atoms with Crippen LogP contribution in [0.3, 0.4) is 0 Å². The van der Waals surface area contributed by atoms with Gasteiger partial charge in [0.1, 0.15) is 0 Å². The first-order valence-corrected chi connectivity index (χ1v) is 7.86. The van der Waals surface area contributed by atoms with Crippen LogP contribution in [0, 0.1) is 0 Å². The van der Waals surface area contributed by atoms with E-state index >= 15 is 0 Å². The molecule has 2 unspecified atom stereocenters. The van der Waals surface area contributed by atoms with Crippen molar-refractivity contribution >= 4 is 32.1 Å². The van der Waals surface area contributed by atoms with Crippen LogP contribution in [-0.4, -0.2) is 12.7 Å². The van der Waals surface area contributed by atoms with E-state index in [-0.39, 0.29) is 6.04 Å². The standard InChI is InChI=1S/C13H17NOS2/c14-10(4-3-9-2-1-6-15-9)12-8-13-11(17-12)5-7-16-13/h5,7-10H,1-4,6,14H2. The van der Waals surface area contributed by atoms with E-state index in [1.54, 1.807) is 11.3 Å². The first-order valence-electron chi connectivity index (χ1n) is 6.17. The third-order valence-electron chi connectivity index (χ3n) is 3.35. The van der Waals surface area contributed by atoms with E-state index < -0.39 is 0 Å². The molecule has 0 bridgehead atoms. The number of hydrogen-bond acceptors (Lipinski definition) is 4. The highest BCUT2D eigenvalue weighted by atomic mass is 32.1. The van der Waals surface area contributed by atoms with Crippen LogP contribution in [0.2, 0.25) is 0 Å². The molecule has 0 saturated carbocycles. The number of hydrogen-bond donors (Lipinski definition) is 1. The van der Waals surface area contributed by atoms with E-state index in [0.717, 1.165) is 19.4 Å². The number of ether oxygens (including phenoxy) is 1. The molecule has 4 heteroatoms. The summed E-state index contributed by atoms with van der Waals surface area (Å²) in [7, 11) is 0. The summed E-state index contributed by atoms with van der Waals surface area (Å²) in [5.41, 5.74) is 6.26. The van der Waals surface area contributed by atoms with Crippen molar-refractivity contribution in [3.63, 3.8) is 0 Å². The fourth-order valence-corrected chi connectivity index (χ4v) is 4.50. The molecule has 0 radical (unpaired) electrons. The van der Waals surface area contributed by atoms with Crippen molar-refractivity contribution in [2.24, 2.45) is 5.73 Å². The van der Waals surface area contributed by atoms with E-state index in [2.05, 4.69) is 17.5 Å². The molecule has 17 heavy (non-hydrogen) atoms. The SMILES string of the molecule is NC(CCC1CCCO1)c1cc2sccc2s1. The van der Waals surface area contributed by atoms with Crippen molar-refractivity contribution in [2.75, 3.05) is 6.61 Å². The predicted octanol–water partition coefficient (Wildman–Crippen LogP) is 3.92. The number of rotatable bonds is 4. The molecule has 0 amide bonds. The molecular weight excluding hydrogens is 250 g/mol. The quantitative estimate of drug-likeness (QED) is 0.911. The minimum absolute atomic E-state index is 0.184. The minimum Gasteiger partial charge on any atom is -0.378 e. The van der Waals surface area contributed by atoms with Gasteiger partial charge < -0.3 is 10.5 Å². The van der Waals surface area contributed by atoms with Gasteiger partial charge in [0.25, 0.3) is 0 Å². The lowest BCUT2D eigenvalue weighted by molar-refractivity contribution is 0.101. The molecule has 2 aromatic rings. The van der Waals surface area contributed by atoms with E-state index in [0.29, 0.717) is 6.10 Å². The molecule has 1 saturated heterocycles. The predicted molar refractivity (Wildman–Crippen MR) is 74.8 cm³/mol. The van der Waals surface area contributed by atoms with E-state index in [1.165, 1.54) is 27.1 Å². The normalized spacial score (nSPS) is 22.3. The van der Waals surface area contributed by atoms with Crippen molar-refractivity contribution in [1.82, 2.24) is 0 Å². The van der Waals surface area contributed by atoms with Crippen LogP contribution in [-0.2, 0) is 4.74 Å². The topological polar surface area (TPSA) is 35.2 Å². The molecule has 0 aromatic carbocycles. The van der Waals surface area contributed by atoms with Crippen LogP contribution >= 0.6 is 22.7 Å². The molecule has 92 valence electrons. The molecule has 2 N–H and O–H groups in total. The number of fused-ring (bicyclic) bond motifs is 1. The third-order valence-corrected chi connectivity index (χ3v) is 5.57. The van der Waals surface area contributed by atoms with Crippen molar-refractivity contribution in [1.29, 1.82) is 0 Å². The van der Waals surface area contributed by atoms with E-state index in [1.807, 2.05) is 11.3 Å². The third kappa shape index (κ3) is 2.55. The van der Waals surface area contributed by atoms with Crippen molar-refractivity contribution in [3.8, 4) is 0 Å². The molecule has 1 aliphatic rings. The van der Waals surface area contributed by atoms with Gasteiger partial charge in [-0.1, -0.05) is 0 Å². The Bertz CT molecular complexity index is 456. The average Bonchev–Trinajstić information content (AvgIpc) is 3.01. The fourth-order valence-electron chi connectivity index (χ4n) is 2.35. The Kier molecular flexibility index (Phi) is 3.47. The number of nitrogens with two attached hydrogens (primary N) is 1. The molecular formula is C13H17NOS2. The zero-order chi connectivity index (χ0) is 11.7. The van der Waals surface area contributed by atoms with Crippen LogP contribution < -0.4 is 5.73 Å².